The normalized spacial score (nSPS) is 23.6. The van der Waals surface area contributed by atoms with Gasteiger partial charge in [0.25, 0.3) is 0 Å². The van der Waals surface area contributed by atoms with Gasteiger partial charge in [-0.1, -0.05) is 12.5 Å². The summed E-state index contributed by atoms with van der Waals surface area (Å²) < 4.78 is 10.6. The maximum Gasteiger partial charge on any atom is 0.161 e. The third-order valence-corrected chi connectivity index (χ3v) is 4.27. The van der Waals surface area contributed by atoms with Crippen molar-refractivity contribution >= 4 is 0 Å². The summed E-state index contributed by atoms with van der Waals surface area (Å²) in [6.45, 7) is 2.42. The van der Waals surface area contributed by atoms with Gasteiger partial charge in [0.05, 0.1) is 14.2 Å². The zero-order valence-electron chi connectivity index (χ0n) is 12.6. The molecule has 0 heterocycles. The summed E-state index contributed by atoms with van der Waals surface area (Å²) in [5, 5.41) is 13.0. The highest BCUT2D eigenvalue weighted by Crippen LogP contribution is 2.32. The molecule has 0 amide bonds. The molecule has 1 aliphatic rings. The second-order valence-corrected chi connectivity index (χ2v) is 5.48. The van der Waals surface area contributed by atoms with E-state index in [1.165, 1.54) is 12.0 Å². The predicted octanol–water partition coefficient (Wildman–Crippen LogP) is 2.52. The molecule has 4 heteroatoms. The number of benzene rings is 1. The minimum atomic E-state index is 0.229. The van der Waals surface area contributed by atoms with Crippen molar-refractivity contribution in [2.45, 2.75) is 38.3 Å². The molecule has 112 valence electrons. The predicted molar refractivity (Wildman–Crippen MR) is 79.3 cm³/mol. The van der Waals surface area contributed by atoms with Crippen molar-refractivity contribution < 1.29 is 14.6 Å². The van der Waals surface area contributed by atoms with Gasteiger partial charge in [0.15, 0.2) is 11.5 Å². The summed E-state index contributed by atoms with van der Waals surface area (Å²) in [4.78, 5) is 0. The highest BCUT2D eigenvalue weighted by atomic mass is 16.5. The van der Waals surface area contributed by atoms with Crippen LogP contribution in [0, 0.1) is 5.92 Å². The third kappa shape index (κ3) is 3.25. The van der Waals surface area contributed by atoms with Crippen LogP contribution in [-0.2, 0) is 0 Å². The molecule has 1 aromatic rings. The quantitative estimate of drug-likeness (QED) is 0.840. The lowest BCUT2D eigenvalue weighted by molar-refractivity contribution is 0.200. The van der Waals surface area contributed by atoms with Crippen LogP contribution in [0.2, 0.25) is 0 Å². The van der Waals surface area contributed by atoms with Gasteiger partial charge in [-0.3, -0.25) is 0 Å². The topological polar surface area (TPSA) is 50.7 Å². The van der Waals surface area contributed by atoms with E-state index >= 15 is 0 Å². The van der Waals surface area contributed by atoms with Crippen molar-refractivity contribution in [1.29, 1.82) is 0 Å². The van der Waals surface area contributed by atoms with Crippen LogP contribution < -0.4 is 14.8 Å². The zero-order chi connectivity index (χ0) is 14.5. The number of hydrogen-bond acceptors (Lipinski definition) is 4. The van der Waals surface area contributed by atoms with Crippen LogP contribution in [0.15, 0.2) is 18.2 Å². The molecule has 20 heavy (non-hydrogen) atoms. The van der Waals surface area contributed by atoms with Crippen molar-refractivity contribution in [3.8, 4) is 11.5 Å². The Labute approximate surface area is 121 Å². The minimum Gasteiger partial charge on any atom is -0.493 e. The maximum absolute atomic E-state index is 9.39. The van der Waals surface area contributed by atoms with Crippen molar-refractivity contribution in [1.82, 2.24) is 5.32 Å². The van der Waals surface area contributed by atoms with Crippen LogP contribution in [0.3, 0.4) is 0 Å². The van der Waals surface area contributed by atoms with Gasteiger partial charge in [0.1, 0.15) is 0 Å². The summed E-state index contributed by atoms with van der Waals surface area (Å²) in [6.07, 6.45) is 3.46. The molecule has 1 aliphatic carbocycles. The van der Waals surface area contributed by atoms with Crippen molar-refractivity contribution in [2.75, 3.05) is 20.8 Å². The number of aliphatic hydroxyl groups excluding tert-OH is 1. The number of rotatable bonds is 6. The van der Waals surface area contributed by atoms with E-state index in [4.69, 9.17) is 9.47 Å². The Hall–Kier alpha value is -1.26. The highest BCUT2D eigenvalue weighted by Gasteiger charge is 2.27. The molecule has 2 rings (SSSR count). The first-order chi connectivity index (χ1) is 9.69. The van der Waals surface area contributed by atoms with E-state index in [2.05, 4.69) is 18.3 Å². The molecule has 0 radical (unpaired) electrons. The highest BCUT2D eigenvalue weighted by molar-refractivity contribution is 5.43. The number of methoxy groups -OCH3 is 2. The summed E-state index contributed by atoms with van der Waals surface area (Å²) in [5.74, 6) is 1.89. The second-order valence-electron chi connectivity index (χ2n) is 5.48. The smallest absolute Gasteiger partial charge is 0.161 e. The largest absolute Gasteiger partial charge is 0.493 e. The van der Waals surface area contributed by atoms with Gasteiger partial charge in [0, 0.05) is 18.7 Å². The van der Waals surface area contributed by atoms with Gasteiger partial charge in [-0.2, -0.15) is 0 Å². The van der Waals surface area contributed by atoms with E-state index < -0.39 is 0 Å². The molecule has 1 saturated carbocycles. The van der Waals surface area contributed by atoms with E-state index in [1.54, 1.807) is 14.2 Å². The summed E-state index contributed by atoms with van der Waals surface area (Å²) in [7, 11) is 3.29. The second kappa shape index (κ2) is 6.95. The van der Waals surface area contributed by atoms with Crippen LogP contribution in [0.25, 0.3) is 0 Å². The van der Waals surface area contributed by atoms with Crippen molar-refractivity contribution in [3.05, 3.63) is 23.8 Å². The van der Waals surface area contributed by atoms with Crippen LogP contribution in [0.1, 0.15) is 37.8 Å². The Morgan fingerprint density at radius 3 is 2.65 bits per heavy atom. The third-order valence-electron chi connectivity index (χ3n) is 4.27. The Morgan fingerprint density at radius 2 is 2.00 bits per heavy atom. The van der Waals surface area contributed by atoms with Gasteiger partial charge in [-0.15, -0.1) is 0 Å². The summed E-state index contributed by atoms with van der Waals surface area (Å²) in [5.41, 5.74) is 1.17. The number of nitrogens with one attached hydrogen (secondary N) is 1. The van der Waals surface area contributed by atoms with Gasteiger partial charge < -0.3 is 19.9 Å². The van der Waals surface area contributed by atoms with Gasteiger partial charge >= 0.3 is 0 Å². The van der Waals surface area contributed by atoms with E-state index in [1.807, 2.05) is 12.1 Å². The SMILES string of the molecule is COc1ccc(C(C)NC2CCCC2CO)cc1OC. The fourth-order valence-corrected chi connectivity index (χ4v) is 3.01. The lowest BCUT2D eigenvalue weighted by Crippen LogP contribution is -2.35. The maximum atomic E-state index is 9.39. The Bertz CT molecular complexity index is 436. The average Bonchev–Trinajstić information content (AvgIpc) is 2.93. The summed E-state index contributed by atoms with van der Waals surface area (Å²) in [6, 6.07) is 6.64. The first kappa shape index (κ1) is 15.1. The molecule has 2 N–H and O–H groups in total. The molecule has 4 nitrogen and oxygen atoms in total. The van der Waals surface area contributed by atoms with Crippen molar-refractivity contribution in [2.24, 2.45) is 5.92 Å². The first-order valence-corrected chi connectivity index (χ1v) is 7.28. The minimum absolute atomic E-state index is 0.229. The van der Waals surface area contributed by atoms with Crippen LogP contribution >= 0.6 is 0 Å². The monoisotopic (exact) mass is 279 g/mol. The Balaban J connectivity index is 2.07. The molecule has 3 unspecified atom stereocenters. The molecule has 0 saturated heterocycles. The molecule has 0 aliphatic heterocycles. The first-order valence-electron chi connectivity index (χ1n) is 7.28. The molecular formula is C16H25NO3. The molecule has 1 fully saturated rings. The van der Waals surface area contributed by atoms with Crippen LogP contribution in [-0.4, -0.2) is 32.0 Å². The van der Waals surface area contributed by atoms with E-state index in [0.29, 0.717) is 12.0 Å². The number of hydrogen-bond donors (Lipinski definition) is 2. The van der Waals surface area contributed by atoms with Gasteiger partial charge in [-0.25, -0.2) is 0 Å². The van der Waals surface area contributed by atoms with E-state index in [-0.39, 0.29) is 12.6 Å². The van der Waals surface area contributed by atoms with E-state index in [0.717, 1.165) is 24.3 Å². The standard InChI is InChI=1S/C16H25NO3/c1-11(17-14-6-4-5-13(14)10-18)12-7-8-15(19-2)16(9-12)20-3/h7-9,11,13-14,17-18H,4-6,10H2,1-3H3. The number of aliphatic hydroxyl groups is 1. The fraction of sp³-hybridized carbons (Fsp3) is 0.625. The zero-order valence-corrected chi connectivity index (χ0v) is 12.6. The Kier molecular flexibility index (Phi) is 5.26. The molecule has 0 spiro atoms. The lowest BCUT2D eigenvalue weighted by atomic mass is 10.0. The fourth-order valence-electron chi connectivity index (χ4n) is 3.01. The molecular weight excluding hydrogens is 254 g/mol. The van der Waals surface area contributed by atoms with Gasteiger partial charge in [-0.05, 0) is 43.4 Å². The summed E-state index contributed by atoms with van der Waals surface area (Å²) >= 11 is 0. The Morgan fingerprint density at radius 1 is 1.25 bits per heavy atom. The molecule has 0 bridgehead atoms. The average molecular weight is 279 g/mol. The molecule has 0 aromatic heterocycles. The number of ether oxygens (including phenoxy) is 2. The van der Waals surface area contributed by atoms with Crippen molar-refractivity contribution in [3.63, 3.8) is 0 Å². The van der Waals surface area contributed by atoms with Crippen LogP contribution in [0.4, 0.5) is 0 Å². The molecule has 3 atom stereocenters. The van der Waals surface area contributed by atoms with E-state index in [9.17, 15) is 5.11 Å². The lowest BCUT2D eigenvalue weighted by Gasteiger charge is -2.24. The van der Waals surface area contributed by atoms with Gasteiger partial charge in [0.2, 0.25) is 0 Å². The van der Waals surface area contributed by atoms with Crippen LogP contribution in [0.5, 0.6) is 11.5 Å². The molecule has 1 aromatic carbocycles.